The van der Waals surface area contributed by atoms with Crippen LogP contribution in [0.3, 0.4) is 0 Å². The number of anilines is 2. The van der Waals surface area contributed by atoms with Gasteiger partial charge < -0.3 is 10.6 Å². The fraction of sp³-hybridized carbons (Fsp3) is 0.121. The Kier molecular flexibility index (Phi) is 7.89. The second kappa shape index (κ2) is 12.4. The van der Waals surface area contributed by atoms with Crippen molar-refractivity contribution in [1.82, 2.24) is 29.8 Å². The molecule has 2 aromatic carbocycles. The van der Waals surface area contributed by atoms with Crippen molar-refractivity contribution in [3.8, 4) is 11.1 Å². The van der Waals surface area contributed by atoms with Crippen molar-refractivity contribution < 1.29 is 4.21 Å². The minimum absolute atomic E-state index is 0.219. The van der Waals surface area contributed by atoms with Crippen LogP contribution >= 0.6 is 11.3 Å². The summed E-state index contributed by atoms with van der Waals surface area (Å²) < 4.78 is 14.9. The molecule has 0 bridgehead atoms. The molecule has 0 aliphatic carbocycles. The van der Waals surface area contributed by atoms with E-state index in [9.17, 15) is 9.00 Å². The standard InChI is InChI=1S/C33H27N7O2S2/c41-32-29(24-2-1-3-28(18-24)44(42)27-10-14-35-15-11-27)19-25-20-37-33(39-31(25)40(32)21-30-36-16-17-43-30)38-26-6-4-22(5-7-26)23-8-12-34-13-9-23/h1-8,10-11,14-20,34H,9,12-13,21H2,(H,37,38,39). The van der Waals surface area contributed by atoms with Crippen molar-refractivity contribution in [1.29, 1.82) is 0 Å². The fourth-order valence-corrected chi connectivity index (χ4v) is 6.88. The predicted octanol–water partition coefficient (Wildman–Crippen LogP) is 5.65. The number of aromatic nitrogens is 5. The third-order valence-corrected chi connectivity index (χ3v) is 9.55. The van der Waals surface area contributed by atoms with E-state index in [-0.39, 0.29) is 12.1 Å². The first kappa shape index (κ1) is 28.0. The molecular weight excluding hydrogens is 591 g/mol. The summed E-state index contributed by atoms with van der Waals surface area (Å²) in [5, 5.41) is 10.0. The van der Waals surface area contributed by atoms with Crippen LogP contribution < -0.4 is 16.2 Å². The topological polar surface area (TPSA) is 115 Å². The summed E-state index contributed by atoms with van der Waals surface area (Å²) in [4.78, 5) is 33.1. The van der Waals surface area contributed by atoms with Gasteiger partial charge in [0, 0.05) is 63.1 Å². The molecule has 0 amide bonds. The van der Waals surface area contributed by atoms with Gasteiger partial charge in [0.25, 0.3) is 5.56 Å². The van der Waals surface area contributed by atoms with Crippen molar-refractivity contribution in [3.63, 3.8) is 0 Å². The molecule has 0 spiro atoms. The number of nitrogens with zero attached hydrogens (tertiary/aromatic N) is 5. The van der Waals surface area contributed by atoms with Crippen molar-refractivity contribution in [3.05, 3.63) is 124 Å². The molecule has 1 atom stereocenters. The molecule has 7 rings (SSSR count). The smallest absolute Gasteiger partial charge is 0.260 e. The Morgan fingerprint density at radius 1 is 0.955 bits per heavy atom. The number of nitrogens with one attached hydrogen (secondary N) is 2. The number of thiazole rings is 1. The van der Waals surface area contributed by atoms with Gasteiger partial charge in [-0.05, 0) is 72.1 Å². The molecule has 6 aromatic rings. The van der Waals surface area contributed by atoms with Gasteiger partial charge in [-0.3, -0.25) is 14.3 Å². The first-order chi connectivity index (χ1) is 21.6. The molecule has 1 aliphatic rings. The molecule has 0 radical (unpaired) electrons. The first-order valence-corrected chi connectivity index (χ1v) is 16.1. The van der Waals surface area contributed by atoms with Crippen molar-refractivity contribution >= 4 is 50.4 Å². The Morgan fingerprint density at radius 3 is 2.59 bits per heavy atom. The summed E-state index contributed by atoms with van der Waals surface area (Å²) in [6.45, 7) is 2.14. The lowest BCUT2D eigenvalue weighted by molar-refractivity contribution is 0.683. The molecule has 2 N–H and O–H groups in total. The molecule has 4 aromatic heterocycles. The number of pyridine rings is 2. The Labute approximate surface area is 259 Å². The quantitative estimate of drug-likeness (QED) is 0.225. The Hall–Kier alpha value is -4.84. The van der Waals surface area contributed by atoms with Gasteiger partial charge in [0.15, 0.2) is 0 Å². The van der Waals surface area contributed by atoms with Gasteiger partial charge >= 0.3 is 0 Å². The van der Waals surface area contributed by atoms with E-state index in [1.54, 1.807) is 59.7 Å². The highest BCUT2D eigenvalue weighted by molar-refractivity contribution is 7.85. The van der Waals surface area contributed by atoms with Crippen LogP contribution in [-0.4, -0.2) is 41.8 Å². The van der Waals surface area contributed by atoms with Crippen molar-refractivity contribution in [2.75, 3.05) is 18.4 Å². The number of benzene rings is 2. The Bertz CT molecular complexity index is 2060. The SMILES string of the molecule is O=c1c(-c2cccc(S(=O)c3ccncc3)c2)cc2cnc(Nc3ccc(C4=CCNCC4)cc3)nc2n1Cc1nccs1. The van der Waals surface area contributed by atoms with Crippen LogP contribution in [-0.2, 0) is 17.3 Å². The first-order valence-electron chi connectivity index (χ1n) is 14.1. The van der Waals surface area contributed by atoms with Crippen molar-refractivity contribution in [2.24, 2.45) is 0 Å². The molecule has 1 unspecified atom stereocenters. The molecule has 0 fully saturated rings. The second-order valence-corrected chi connectivity index (χ2v) is 12.7. The maximum Gasteiger partial charge on any atom is 0.260 e. The maximum absolute atomic E-state index is 14.1. The van der Waals surface area contributed by atoms with Crippen LogP contribution in [0.4, 0.5) is 11.6 Å². The third-order valence-electron chi connectivity index (χ3n) is 7.40. The van der Waals surface area contributed by atoms with E-state index < -0.39 is 10.8 Å². The molecular formula is C33H27N7O2S2. The van der Waals surface area contributed by atoms with Gasteiger partial charge in [-0.2, -0.15) is 4.98 Å². The lowest BCUT2D eigenvalue weighted by Crippen LogP contribution is -2.24. The number of hydrogen-bond acceptors (Lipinski definition) is 9. The van der Waals surface area contributed by atoms with Crippen LogP contribution in [0.1, 0.15) is 17.0 Å². The van der Waals surface area contributed by atoms with Gasteiger partial charge in [-0.25, -0.2) is 14.2 Å². The van der Waals surface area contributed by atoms with E-state index in [4.69, 9.17) is 4.98 Å². The summed E-state index contributed by atoms with van der Waals surface area (Å²) in [6.07, 6.45) is 9.91. The van der Waals surface area contributed by atoms with E-state index in [0.717, 1.165) is 30.2 Å². The van der Waals surface area contributed by atoms with Gasteiger partial charge in [-0.1, -0.05) is 30.3 Å². The van der Waals surface area contributed by atoms with Gasteiger partial charge in [0.05, 0.1) is 17.3 Å². The minimum atomic E-state index is -1.42. The molecule has 0 saturated carbocycles. The third kappa shape index (κ3) is 5.85. The second-order valence-electron chi connectivity index (χ2n) is 10.2. The number of rotatable bonds is 8. The molecule has 5 heterocycles. The Morgan fingerprint density at radius 2 is 1.82 bits per heavy atom. The lowest BCUT2D eigenvalue weighted by Gasteiger charge is -2.15. The molecule has 9 nitrogen and oxygen atoms in total. The highest BCUT2D eigenvalue weighted by Crippen LogP contribution is 2.27. The van der Waals surface area contributed by atoms with E-state index in [0.29, 0.717) is 37.9 Å². The fourth-order valence-electron chi connectivity index (χ4n) is 5.20. The van der Waals surface area contributed by atoms with Crippen LogP contribution in [0.5, 0.6) is 0 Å². The lowest BCUT2D eigenvalue weighted by atomic mass is 10.0. The highest BCUT2D eigenvalue weighted by atomic mass is 32.2. The Balaban J connectivity index is 1.26. The van der Waals surface area contributed by atoms with Gasteiger partial charge in [0.2, 0.25) is 5.95 Å². The average molecular weight is 618 g/mol. The van der Waals surface area contributed by atoms with Crippen LogP contribution in [0.25, 0.3) is 27.7 Å². The van der Waals surface area contributed by atoms with Crippen LogP contribution in [0.2, 0.25) is 0 Å². The normalized spacial score (nSPS) is 13.9. The molecule has 218 valence electrons. The summed E-state index contributed by atoms with van der Waals surface area (Å²) in [6, 6.07) is 20.7. The molecule has 44 heavy (non-hydrogen) atoms. The minimum Gasteiger partial charge on any atom is -0.324 e. The highest BCUT2D eigenvalue weighted by Gasteiger charge is 2.17. The van der Waals surface area contributed by atoms with E-state index in [1.807, 2.05) is 29.6 Å². The van der Waals surface area contributed by atoms with E-state index in [2.05, 4.69) is 43.8 Å². The van der Waals surface area contributed by atoms with E-state index >= 15 is 0 Å². The zero-order valence-electron chi connectivity index (χ0n) is 23.5. The van der Waals surface area contributed by atoms with Gasteiger partial charge in [0.1, 0.15) is 10.7 Å². The average Bonchev–Trinajstić information content (AvgIpc) is 3.60. The molecule has 11 heteroatoms. The molecule has 1 aliphatic heterocycles. The summed E-state index contributed by atoms with van der Waals surface area (Å²) in [5.74, 6) is 0.390. The summed E-state index contributed by atoms with van der Waals surface area (Å²) in [7, 11) is -1.42. The molecule has 0 saturated heterocycles. The van der Waals surface area contributed by atoms with Crippen molar-refractivity contribution in [2.45, 2.75) is 22.8 Å². The zero-order chi connectivity index (χ0) is 29.9. The van der Waals surface area contributed by atoms with Crippen LogP contribution in [0, 0.1) is 0 Å². The largest absolute Gasteiger partial charge is 0.324 e. The van der Waals surface area contributed by atoms with Gasteiger partial charge in [-0.15, -0.1) is 11.3 Å². The zero-order valence-corrected chi connectivity index (χ0v) is 25.1. The maximum atomic E-state index is 14.1. The summed E-state index contributed by atoms with van der Waals surface area (Å²) in [5.41, 5.74) is 4.81. The predicted molar refractivity (Wildman–Crippen MR) is 175 cm³/mol. The summed E-state index contributed by atoms with van der Waals surface area (Å²) >= 11 is 1.48. The van der Waals surface area contributed by atoms with Crippen LogP contribution in [0.15, 0.2) is 118 Å². The monoisotopic (exact) mass is 617 g/mol. The number of fused-ring (bicyclic) bond motifs is 1. The van der Waals surface area contributed by atoms with E-state index in [1.165, 1.54) is 22.5 Å². The number of hydrogen-bond donors (Lipinski definition) is 2.